The van der Waals surface area contributed by atoms with Crippen molar-refractivity contribution in [3.05, 3.63) is 134 Å². The summed E-state index contributed by atoms with van der Waals surface area (Å²) in [6.45, 7) is 1.55. The van der Waals surface area contributed by atoms with Crippen LogP contribution in [0.3, 0.4) is 0 Å². The van der Waals surface area contributed by atoms with Crippen LogP contribution in [0.15, 0.2) is 134 Å². The lowest BCUT2D eigenvalue weighted by Crippen LogP contribution is -2.25. The van der Waals surface area contributed by atoms with Crippen LogP contribution in [0.25, 0.3) is 67.8 Å². The van der Waals surface area contributed by atoms with Crippen molar-refractivity contribution in [1.29, 1.82) is 0 Å². The van der Waals surface area contributed by atoms with Crippen LogP contribution in [0, 0.1) is 0 Å². The molecule has 0 spiro atoms. The quantitative estimate of drug-likeness (QED) is 0.154. The molecule has 244 valence electrons. The summed E-state index contributed by atoms with van der Waals surface area (Å²) in [4.78, 5) is 39.4. The highest BCUT2D eigenvalue weighted by Crippen LogP contribution is 2.39. The zero-order valence-corrected chi connectivity index (χ0v) is 27.1. The van der Waals surface area contributed by atoms with Gasteiger partial charge < -0.3 is 14.6 Å². The van der Waals surface area contributed by atoms with Crippen molar-refractivity contribution in [2.45, 2.75) is 13.0 Å². The Balaban J connectivity index is 1.26. The molecule has 0 aliphatic heterocycles. The molecular formula is C40H30N6O4. The third-order valence-electron chi connectivity index (χ3n) is 8.06. The number of carbonyl (C=O) groups excluding carboxylic acids is 1. The first kappa shape index (κ1) is 31.8. The van der Waals surface area contributed by atoms with Gasteiger partial charge in [0.1, 0.15) is 24.2 Å². The molecule has 7 rings (SSSR count). The molecule has 1 atom stereocenters. The van der Waals surface area contributed by atoms with Gasteiger partial charge in [-0.2, -0.15) is 0 Å². The van der Waals surface area contributed by atoms with Crippen LogP contribution in [-0.2, 0) is 9.53 Å². The zero-order valence-electron chi connectivity index (χ0n) is 27.1. The minimum absolute atomic E-state index is 0.159. The van der Waals surface area contributed by atoms with E-state index in [0.717, 1.165) is 33.4 Å². The van der Waals surface area contributed by atoms with Crippen molar-refractivity contribution in [2.24, 2.45) is 0 Å². The van der Waals surface area contributed by atoms with Gasteiger partial charge in [-0.05, 0) is 35.2 Å². The van der Waals surface area contributed by atoms with Crippen molar-refractivity contribution in [2.75, 3.05) is 7.11 Å². The highest BCUT2D eigenvalue weighted by atomic mass is 16.6. The predicted octanol–water partition coefficient (Wildman–Crippen LogP) is 7.70. The molecule has 50 heavy (non-hydrogen) atoms. The molecule has 0 fully saturated rings. The van der Waals surface area contributed by atoms with Crippen LogP contribution in [0.1, 0.15) is 6.92 Å². The summed E-state index contributed by atoms with van der Waals surface area (Å²) in [5.74, 6) is 0.721. The molecular weight excluding hydrogens is 628 g/mol. The lowest BCUT2D eigenvalue weighted by Gasteiger charge is -2.17. The normalized spacial score (nSPS) is 11.5. The zero-order chi connectivity index (χ0) is 34.5. The molecule has 10 heteroatoms. The summed E-state index contributed by atoms with van der Waals surface area (Å²) >= 11 is 0. The third kappa shape index (κ3) is 6.76. The Kier molecular flexibility index (Phi) is 8.97. The van der Waals surface area contributed by atoms with E-state index in [0.29, 0.717) is 17.2 Å². The number of hydrogen-bond acceptors (Lipinski definition) is 10. The van der Waals surface area contributed by atoms with Crippen molar-refractivity contribution in [3.8, 4) is 79.3 Å². The molecule has 2 heterocycles. The summed E-state index contributed by atoms with van der Waals surface area (Å²) in [6.07, 6.45) is 1.81. The molecule has 0 saturated carbocycles. The van der Waals surface area contributed by atoms with Gasteiger partial charge in [0.15, 0.2) is 29.4 Å². The maximum atomic E-state index is 12.3. The average Bonchev–Trinajstić information content (AvgIpc) is 3.18. The van der Waals surface area contributed by atoms with Gasteiger partial charge >= 0.3 is 5.97 Å². The lowest BCUT2D eigenvalue weighted by molar-refractivity contribution is -0.147. The number of carbonyl (C=O) groups is 1. The Labute approximate surface area is 288 Å². The second-order valence-corrected chi connectivity index (χ2v) is 11.3. The first-order valence-electron chi connectivity index (χ1n) is 15.8. The van der Waals surface area contributed by atoms with Gasteiger partial charge in [-0.3, -0.25) is 0 Å². The lowest BCUT2D eigenvalue weighted by atomic mass is 10.0. The number of ether oxygens (including phenoxy) is 2. The molecule has 0 saturated heterocycles. The molecule has 1 unspecified atom stereocenters. The first-order valence-corrected chi connectivity index (χ1v) is 15.8. The van der Waals surface area contributed by atoms with Gasteiger partial charge in [0.05, 0.1) is 18.2 Å². The van der Waals surface area contributed by atoms with E-state index in [1.807, 2.05) is 109 Å². The number of rotatable bonds is 9. The van der Waals surface area contributed by atoms with Crippen LogP contribution in [0.4, 0.5) is 0 Å². The molecule has 0 radical (unpaired) electrons. The topological polar surface area (TPSA) is 133 Å². The number of aromatic hydroxyl groups is 1. The molecule has 0 aliphatic carbocycles. The minimum Gasteiger partial charge on any atom is -0.507 e. The van der Waals surface area contributed by atoms with Gasteiger partial charge in [-0.1, -0.05) is 109 Å². The molecule has 0 amide bonds. The van der Waals surface area contributed by atoms with Gasteiger partial charge in [0, 0.05) is 17.2 Å². The van der Waals surface area contributed by atoms with E-state index in [-0.39, 0.29) is 28.7 Å². The van der Waals surface area contributed by atoms with E-state index in [9.17, 15) is 9.90 Å². The Morgan fingerprint density at radius 1 is 0.560 bits per heavy atom. The number of phenolic OH excluding ortho intramolecular Hbond substituents is 1. The predicted molar refractivity (Wildman–Crippen MR) is 190 cm³/mol. The maximum absolute atomic E-state index is 12.3. The summed E-state index contributed by atoms with van der Waals surface area (Å²) in [5.41, 5.74) is 6.54. The molecule has 10 nitrogen and oxygen atoms in total. The number of phenols is 1. The summed E-state index contributed by atoms with van der Waals surface area (Å²) in [7, 11) is 1.28. The van der Waals surface area contributed by atoms with Crippen molar-refractivity contribution in [3.63, 3.8) is 0 Å². The second kappa shape index (κ2) is 14.1. The second-order valence-electron chi connectivity index (χ2n) is 11.3. The number of hydrogen-bond donors (Lipinski definition) is 1. The first-order chi connectivity index (χ1) is 24.5. The summed E-state index contributed by atoms with van der Waals surface area (Å²) in [6, 6.07) is 38.9. The van der Waals surface area contributed by atoms with E-state index in [4.69, 9.17) is 19.4 Å². The number of aromatic nitrogens is 6. The molecule has 1 N–H and O–H groups in total. The fourth-order valence-corrected chi connectivity index (χ4v) is 5.44. The Bertz CT molecular complexity index is 2270. The van der Waals surface area contributed by atoms with Crippen molar-refractivity contribution >= 4 is 5.97 Å². The standard InChI is InChI=1S/C40H30N6O4/c1-25(40(48)49-2)50-35-22-34(47)32(38-43-23-41-36(45-38)30-17-13-28(14-18-30)26-9-5-3-6-10-26)21-33(35)39-44-24-42-37(46-39)31-19-15-29(16-20-31)27-11-7-4-8-12-27/h3-25,47H,1-2H3. The van der Waals surface area contributed by atoms with Gasteiger partial charge in [0.2, 0.25) is 0 Å². The average molecular weight is 659 g/mol. The molecule has 2 aromatic heterocycles. The van der Waals surface area contributed by atoms with E-state index in [1.165, 1.54) is 25.8 Å². The molecule has 7 aromatic rings. The Morgan fingerprint density at radius 3 is 1.46 bits per heavy atom. The number of esters is 1. The number of nitrogens with zero attached hydrogens (tertiary/aromatic N) is 6. The van der Waals surface area contributed by atoms with Crippen LogP contribution in [-0.4, -0.2) is 54.2 Å². The Morgan fingerprint density at radius 2 is 0.980 bits per heavy atom. The number of methoxy groups -OCH3 is 1. The molecule has 0 aliphatic rings. The SMILES string of the molecule is COC(=O)C(C)Oc1cc(O)c(-c2ncnc(-c3ccc(-c4ccccc4)cc3)n2)cc1-c1ncnc(-c2ccc(-c3ccccc3)cc2)n1. The molecule has 0 bridgehead atoms. The van der Waals surface area contributed by atoms with Crippen LogP contribution < -0.4 is 4.74 Å². The third-order valence-corrected chi connectivity index (χ3v) is 8.06. The van der Waals surface area contributed by atoms with Crippen molar-refractivity contribution < 1.29 is 19.4 Å². The fourth-order valence-electron chi connectivity index (χ4n) is 5.44. The summed E-state index contributed by atoms with van der Waals surface area (Å²) in [5, 5.41) is 11.3. The van der Waals surface area contributed by atoms with E-state index in [1.54, 1.807) is 13.0 Å². The highest BCUT2D eigenvalue weighted by molar-refractivity contribution is 5.80. The number of benzene rings is 5. The molecule has 5 aromatic carbocycles. The van der Waals surface area contributed by atoms with Crippen LogP contribution in [0.2, 0.25) is 0 Å². The Hall–Kier alpha value is -6.81. The smallest absolute Gasteiger partial charge is 0.346 e. The van der Waals surface area contributed by atoms with E-state index >= 15 is 0 Å². The van der Waals surface area contributed by atoms with Crippen molar-refractivity contribution in [1.82, 2.24) is 29.9 Å². The summed E-state index contributed by atoms with van der Waals surface area (Å²) < 4.78 is 10.9. The van der Waals surface area contributed by atoms with E-state index < -0.39 is 12.1 Å². The van der Waals surface area contributed by atoms with Gasteiger partial charge in [0.25, 0.3) is 0 Å². The highest BCUT2D eigenvalue weighted by Gasteiger charge is 2.23. The van der Waals surface area contributed by atoms with E-state index in [2.05, 4.69) is 19.9 Å². The van der Waals surface area contributed by atoms with Crippen LogP contribution in [0.5, 0.6) is 11.5 Å². The monoisotopic (exact) mass is 658 g/mol. The fraction of sp³-hybridized carbons (Fsp3) is 0.0750. The van der Waals surface area contributed by atoms with Gasteiger partial charge in [-0.15, -0.1) is 0 Å². The van der Waals surface area contributed by atoms with Crippen LogP contribution >= 0.6 is 0 Å². The largest absolute Gasteiger partial charge is 0.507 e. The minimum atomic E-state index is -0.988. The maximum Gasteiger partial charge on any atom is 0.346 e. The van der Waals surface area contributed by atoms with Gasteiger partial charge in [-0.25, -0.2) is 34.7 Å².